The zero-order chi connectivity index (χ0) is 13.7. The second-order valence-electron chi connectivity index (χ2n) is 3.71. The summed E-state index contributed by atoms with van der Waals surface area (Å²) in [6, 6.07) is 4.84. The van der Waals surface area contributed by atoms with E-state index < -0.39 is 5.97 Å². The van der Waals surface area contributed by atoms with Crippen LogP contribution in [-0.4, -0.2) is 23.2 Å². The number of carbonyl (C=O) groups excluding carboxylic acids is 2. The Kier molecular flexibility index (Phi) is 5.82. The zero-order valence-electron chi connectivity index (χ0n) is 10.2. The van der Waals surface area contributed by atoms with Gasteiger partial charge in [-0.15, -0.1) is 11.6 Å². The lowest BCUT2D eigenvalue weighted by molar-refractivity contribution is 0.0526. The summed E-state index contributed by atoms with van der Waals surface area (Å²) < 4.78 is 4.90. The van der Waals surface area contributed by atoms with E-state index in [2.05, 4.69) is 15.9 Å². The van der Waals surface area contributed by atoms with Crippen molar-refractivity contribution in [1.29, 1.82) is 0 Å². The van der Waals surface area contributed by atoms with Gasteiger partial charge >= 0.3 is 5.97 Å². The van der Waals surface area contributed by atoms with Crippen LogP contribution in [0.2, 0.25) is 0 Å². The summed E-state index contributed by atoms with van der Waals surface area (Å²) in [4.78, 5) is 23.3. The molecule has 0 radical (unpaired) electrons. The van der Waals surface area contributed by atoms with Gasteiger partial charge in [0.2, 0.25) is 0 Å². The van der Waals surface area contributed by atoms with E-state index in [0.29, 0.717) is 23.3 Å². The maximum absolute atomic E-state index is 12.0. The third kappa shape index (κ3) is 3.56. The number of benzene rings is 1. The Morgan fingerprint density at radius 3 is 2.61 bits per heavy atom. The van der Waals surface area contributed by atoms with Gasteiger partial charge in [0.25, 0.3) is 0 Å². The van der Waals surface area contributed by atoms with Crippen molar-refractivity contribution in [2.75, 3.05) is 6.61 Å². The van der Waals surface area contributed by atoms with Crippen LogP contribution in [0, 0.1) is 0 Å². The number of esters is 1. The van der Waals surface area contributed by atoms with Crippen LogP contribution in [-0.2, 0) is 10.6 Å². The Hall–Kier alpha value is -0.870. The number of hydrogen-bond donors (Lipinski definition) is 0. The summed E-state index contributed by atoms with van der Waals surface area (Å²) in [5, 5.41) is 0. The molecular formula is C13H14BrClO3. The van der Waals surface area contributed by atoms with Gasteiger partial charge in [-0.1, -0.05) is 22.0 Å². The molecule has 0 N–H and O–H groups in total. The minimum absolute atomic E-state index is 0.100. The van der Waals surface area contributed by atoms with Crippen molar-refractivity contribution < 1.29 is 14.3 Å². The molecule has 1 aromatic rings. The van der Waals surface area contributed by atoms with Crippen molar-refractivity contribution in [3.05, 3.63) is 34.9 Å². The second kappa shape index (κ2) is 6.90. The van der Waals surface area contributed by atoms with Gasteiger partial charge < -0.3 is 4.74 Å². The quantitative estimate of drug-likeness (QED) is 0.470. The summed E-state index contributed by atoms with van der Waals surface area (Å²) in [7, 11) is 0. The molecule has 0 saturated carbocycles. The van der Waals surface area contributed by atoms with Gasteiger partial charge in [0, 0.05) is 11.4 Å². The minimum Gasteiger partial charge on any atom is -0.462 e. The van der Waals surface area contributed by atoms with Crippen LogP contribution < -0.4 is 0 Å². The summed E-state index contributed by atoms with van der Waals surface area (Å²) in [5.74, 6) is -0.309. The monoisotopic (exact) mass is 332 g/mol. The number of rotatable bonds is 5. The van der Waals surface area contributed by atoms with Crippen LogP contribution in [0.3, 0.4) is 0 Å². The highest BCUT2D eigenvalue weighted by Crippen LogP contribution is 2.19. The average Bonchev–Trinajstić information content (AvgIpc) is 2.37. The van der Waals surface area contributed by atoms with Gasteiger partial charge in [0.1, 0.15) is 0 Å². The lowest BCUT2D eigenvalue weighted by Crippen LogP contribution is -2.14. The standard InChI is InChI=1S/C13H14BrClO3/c1-3-18-13(17)9-4-5-10(7-15)11(6-9)12(16)8(2)14/h4-6,8H,3,7H2,1-2H3. The molecular weight excluding hydrogens is 319 g/mol. The molecule has 0 aliphatic rings. The summed E-state index contributed by atoms with van der Waals surface area (Å²) in [5.41, 5.74) is 1.53. The molecule has 3 nitrogen and oxygen atoms in total. The van der Waals surface area contributed by atoms with Crippen molar-refractivity contribution in [1.82, 2.24) is 0 Å². The molecule has 0 aliphatic heterocycles. The van der Waals surface area contributed by atoms with Crippen molar-refractivity contribution >= 4 is 39.3 Å². The van der Waals surface area contributed by atoms with E-state index in [4.69, 9.17) is 16.3 Å². The Bertz CT molecular complexity index is 458. The van der Waals surface area contributed by atoms with E-state index in [-0.39, 0.29) is 16.5 Å². The van der Waals surface area contributed by atoms with Crippen molar-refractivity contribution in [2.24, 2.45) is 0 Å². The van der Waals surface area contributed by atoms with Crippen LogP contribution in [0.4, 0.5) is 0 Å². The molecule has 98 valence electrons. The number of alkyl halides is 2. The normalized spacial score (nSPS) is 12.0. The Morgan fingerprint density at radius 2 is 2.11 bits per heavy atom. The molecule has 0 saturated heterocycles. The maximum atomic E-state index is 12.0. The minimum atomic E-state index is -0.435. The molecule has 5 heteroatoms. The molecule has 0 aliphatic carbocycles. The first-order chi connectivity index (χ1) is 8.51. The number of carbonyl (C=O) groups is 2. The van der Waals surface area contributed by atoms with E-state index in [0.717, 1.165) is 0 Å². The van der Waals surface area contributed by atoms with Gasteiger partial charge in [-0.3, -0.25) is 4.79 Å². The Morgan fingerprint density at radius 1 is 1.44 bits per heavy atom. The largest absolute Gasteiger partial charge is 0.462 e. The fourth-order valence-corrected chi connectivity index (χ4v) is 1.96. The molecule has 0 aromatic heterocycles. The van der Waals surface area contributed by atoms with Crippen LogP contribution in [0.1, 0.15) is 40.1 Å². The zero-order valence-corrected chi connectivity index (χ0v) is 12.5. The summed E-state index contributed by atoms with van der Waals surface area (Å²) >= 11 is 9.01. The van der Waals surface area contributed by atoms with Gasteiger partial charge in [-0.2, -0.15) is 0 Å². The number of halogens is 2. The molecule has 0 spiro atoms. The molecule has 1 rings (SSSR count). The van der Waals surface area contributed by atoms with Crippen LogP contribution in [0.25, 0.3) is 0 Å². The highest BCUT2D eigenvalue weighted by atomic mass is 79.9. The Labute approximate surface area is 120 Å². The van der Waals surface area contributed by atoms with E-state index >= 15 is 0 Å². The Balaban J connectivity index is 3.17. The van der Waals surface area contributed by atoms with Crippen molar-refractivity contribution in [2.45, 2.75) is 24.6 Å². The predicted molar refractivity (Wildman–Crippen MR) is 74.7 cm³/mol. The first-order valence-electron chi connectivity index (χ1n) is 5.55. The average molecular weight is 334 g/mol. The van der Waals surface area contributed by atoms with Gasteiger partial charge in [-0.25, -0.2) is 4.79 Å². The van der Waals surface area contributed by atoms with Crippen LogP contribution in [0.5, 0.6) is 0 Å². The van der Waals surface area contributed by atoms with E-state index in [9.17, 15) is 9.59 Å². The van der Waals surface area contributed by atoms with Crippen LogP contribution >= 0.6 is 27.5 Å². The molecule has 1 aromatic carbocycles. The third-order valence-corrected chi connectivity index (χ3v) is 3.10. The van der Waals surface area contributed by atoms with E-state index in [1.54, 1.807) is 26.0 Å². The second-order valence-corrected chi connectivity index (χ2v) is 5.35. The lowest BCUT2D eigenvalue weighted by Gasteiger charge is -2.10. The first-order valence-corrected chi connectivity index (χ1v) is 7.00. The third-order valence-electron chi connectivity index (χ3n) is 2.39. The highest BCUT2D eigenvalue weighted by Gasteiger charge is 2.18. The summed E-state index contributed by atoms with van der Waals surface area (Å²) in [6.45, 7) is 3.77. The predicted octanol–water partition coefficient (Wildman–Crippen LogP) is 3.57. The maximum Gasteiger partial charge on any atom is 0.338 e. The fraction of sp³-hybridized carbons (Fsp3) is 0.385. The smallest absolute Gasteiger partial charge is 0.338 e. The molecule has 0 heterocycles. The molecule has 0 amide bonds. The number of ether oxygens (including phenoxy) is 1. The van der Waals surface area contributed by atoms with Gasteiger partial charge in [0.05, 0.1) is 17.0 Å². The lowest BCUT2D eigenvalue weighted by atomic mass is 10.00. The van der Waals surface area contributed by atoms with E-state index in [1.165, 1.54) is 6.07 Å². The molecule has 1 atom stereocenters. The van der Waals surface area contributed by atoms with Gasteiger partial charge in [0.15, 0.2) is 5.78 Å². The van der Waals surface area contributed by atoms with Gasteiger partial charge in [-0.05, 0) is 31.5 Å². The molecule has 18 heavy (non-hydrogen) atoms. The number of Topliss-reactive ketones (excluding diaryl/α,β-unsaturated/α-hetero) is 1. The van der Waals surface area contributed by atoms with Crippen molar-refractivity contribution in [3.8, 4) is 0 Å². The molecule has 1 unspecified atom stereocenters. The number of hydrogen-bond acceptors (Lipinski definition) is 3. The van der Waals surface area contributed by atoms with E-state index in [1.807, 2.05) is 0 Å². The number of ketones is 1. The molecule has 0 fully saturated rings. The SMILES string of the molecule is CCOC(=O)c1ccc(CCl)c(C(=O)C(C)Br)c1. The van der Waals surface area contributed by atoms with Crippen LogP contribution in [0.15, 0.2) is 18.2 Å². The highest BCUT2D eigenvalue weighted by molar-refractivity contribution is 9.10. The molecule has 0 bridgehead atoms. The first kappa shape index (κ1) is 15.2. The summed E-state index contributed by atoms with van der Waals surface area (Å²) in [6.07, 6.45) is 0. The fourth-order valence-electron chi connectivity index (χ4n) is 1.48. The topological polar surface area (TPSA) is 43.4 Å². The van der Waals surface area contributed by atoms with Crippen molar-refractivity contribution in [3.63, 3.8) is 0 Å².